The van der Waals surface area contributed by atoms with Gasteiger partial charge in [0.2, 0.25) is 0 Å². The fraction of sp³-hybridized carbons (Fsp3) is 0.0769. The van der Waals surface area contributed by atoms with Crippen LogP contribution >= 0.6 is 0 Å². The first kappa shape index (κ1) is 15.1. The van der Waals surface area contributed by atoms with Crippen LogP contribution < -0.4 is 0 Å². The van der Waals surface area contributed by atoms with Crippen LogP contribution in [0.4, 0.5) is 4.39 Å². The van der Waals surface area contributed by atoms with Crippen LogP contribution in [0.15, 0.2) is 42.7 Å². The summed E-state index contributed by atoms with van der Waals surface area (Å²) in [5.74, 6) is 0.246. The fourth-order valence-electron chi connectivity index (χ4n) is 1.64. The summed E-state index contributed by atoms with van der Waals surface area (Å²) in [4.78, 5) is 11.3. The van der Waals surface area contributed by atoms with Crippen molar-refractivity contribution in [2.75, 3.05) is 6.26 Å². The Labute approximate surface area is 120 Å². The topological polar surface area (TPSA) is 95.9 Å². The summed E-state index contributed by atoms with van der Waals surface area (Å²) in [5.41, 5.74) is 2.06. The number of aromatic nitrogens is 3. The Morgan fingerprint density at radius 1 is 1.24 bits per heavy atom. The third-order valence-corrected chi connectivity index (χ3v) is 2.41. The van der Waals surface area contributed by atoms with Crippen molar-refractivity contribution in [2.24, 2.45) is 0 Å². The lowest BCUT2D eigenvalue weighted by atomic mass is 10.2. The van der Waals surface area contributed by atoms with Crippen molar-refractivity contribution in [2.45, 2.75) is 0 Å². The zero-order chi connectivity index (χ0) is 15.5. The summed E-state index contributed by atoms with van der Waals surface area (Å²) in [6.07, 6.45) is 4.05. The third-order valence-electron chi connectivity index (χ3n) is 2.41. The van der Waals surface area contributed by atoms with Crippen LogP contribution in [0, 0.1) is 5.82 Å². The predicted octanol–water partition coefficient (Wildman–Crippen LogP) is 2.27. The summed E-state index contributed by atoms with van der Waals surface area (Å²) >= 11 is 0. The van der Waals surface area contributed by atoms with Gasteiger partial charge in [-0.05, 0) is 18.2 Å². The van der Waals surface area contributed by atoms with Gasteiger partial charge in [0.25, 0.3) is 10.1 Å². The molecule has 0 saturated carbocycles. The van der Waals surface area contributed by atoms with Crippen LogP contribution in [0.3, 0.4) is 0 Å². The molecule has 21 heavy (non-hydrogen) atoms. The number of fused-ring (bicyclic) bond motifs is 1. The van der Waals surface area contributed by atoms with Gasteiger partial charge < -0.3 is 4.98 Å². The van der Waals surface area contributed by atoms with Gasteiger partial charge in [0, 0.05) is 6.20 Å². The van der Waals surface area contributed by atoms with E-state index in [-0.39, 0.29) is 5.82 Å². The molecule has 0 radical (unpaired) electrons. The second-order valence-electron chi connectivity index (χ2n) is 4.19. The smallest absolute Gasteiger partial charge is 0.261 e. The number of hydrogen-bond acceptors (Lipinski definition) is 4. The van der Waals surface area contributed by atoms with Crippen molar-refractivity contribution in [3.8, 4) is 11.4 Å². The molecule has 0 amide bonds. The van der Waals surface area contributed by atoms with Crippen LogP contribution in [0.2, 0.25) is 0 Å². The van der Waals surface area contributed by atoms with Crippen molar-refractivity contribution in [1.82, 2.24) is 15.0 Å². The molecule has 3 rings (SSSR count). The van der Waals surface area contributed by atoms with Crippen molar-refractivity contribution in [1.29, 1.82) is 0 Å². The van der Waals surface area contributed by atoms with Crippen LogP contribution in [-0.4, -0.2) is 34.2 Å². The van der Waals surface area contributed by atoms with Gasteiger partial charge in [0.05, 0.1) is 29.0 Å². The van der Waals surface area contributed by atoms with E-state index < -0.39 is 10.1 Å². The highest BCUT2D eigenvalue weighted by Gasteiger charge is 2.08. The van der Waals surface area contributed by atoms with Gasteiger partial charge in [-0.1, -0.05) is 12.1 Å². The van der Waals surface area contributed by atoms with E-state index in [1.54, 1.807) is 36.7 Å². The Kier molecular flexibility index (Phi) is 4.29. The van der Waals surface area contributed by atoms with E-state index in [0.717, 1.165) is 11.0 Å². The molecule has 0 atom stereocenters. The molecule has 8 heteroatoms. The first-order valence-corrected chi connectivity index (χ1v) is 7.66. The second kappa shape index (κ2) is 5.98. The molecule has 0 fully saturated rings. The number of aromatic amines is 1. The number of nitrogens with one attached hydrogen (secondary N) is 1. The lowest BCUT2D eigenvalue weighted by Gasteiger charge is -1.96. The number of benzene rings is 1. The van der Waals surface area contributed by atoms with Crippen LogP contribution in [0.1, 0.15) is 0 Å². The van der Waals surface area contributed by atoms with Gasteiger partial charge in [0.15, 0.2) is 0 Å². The molecule has 0 unspecified atom stereocenters. The molecule has 6 nitrogen and oxygen atoms in total. The Balaban J connectivity index is 0.000000282. The predicted molar refractivity (Wildman–Crippen MR) is 76.8 cm³/mol. The molecule has 110 valence electrons. The molecule has 0 saturated heterocycles. The van der Waals surface area contributed by atoms with Gasteiger partial charge in [-0.15, -0.1) is 0 Å². The lowest BCUT2D eigenvalue weighted by molar-refractivity contribution is 0.490. The van der Waals surface area contributed by atoms with Gasteiger partial charge >= 0.3 is 0 Å². The minimum Gasteiger partial charge on any atom is -0.337 e. The van der Waals surface area contributed by atoms with E-state index in [4.69, 9.17) is 4.55 Å². The zero-order valence-electron chi connectivity index (χ0n) is 11.0. The van der Waals surface area contributed by atoms with E-state index in [2.05, 4.69) is 15.0 Å². The molecule has 3 aromatic rings. The minimum absolute atomic E-state index is 0.283. The quantitative estimate of drug-likeness (QED) is 0.672. The summed E-state index contributed by atoms with van der Waals surface area (Å²) in [5, 5.41) is 0. The molecule has 0 aliphatic heterocycles. The molecule has 2 aromatic heterocycles. The Hall–Kier alpha value is -2.32. The molecule has 0 aliphatic carbocycles. The third kappa shape index (κ3) is 4.33. The van der Waals surface area contributed by atoms with Gasteiger partial charge in [-0.25, -0.2) is 9.37 Å². The molecule has 2 heterocycles. The van der Waals surface area contributed by atoms with Gasteiger partial charge in [-0.3, -0.25) is 9.54 Å². The largest absolute Gasteiger partial charge is 0.337 e. The highest BCUT2D eigenvalue weighted by atomic mass is 32.2. The molecular formula is C13H12FN3O3S. The number of nitrogens with zero attached hydrogens (tertiary/aromatic N) is 2. The lowest BCUT2D eigenvalue weighted by Crippen LogP contribution is -1.88. The molecule has 1 aromatic carbocycles. The van der Waals surface area contributed by atoms with E-state index in [1.165, 1.54) is 6.07 Å². The normalized spacial score (nSPS) is 11.0. The number of imidazole rings is 1. The average molecular weight is 309 g/mol. The van der Waals surface area contributed by atoms with Crippen molar-refractivity contribution >= 4 is 21.2 Å². The number of H-pyrrole nitrogens is 1. The van der Waals surface area contributed by atoms with Crippen LogP contribution in [0.25, 0.3) is 22.4 Å². The Morgan fingerprint density at radius 3 is 2.52 bits per heavy atom. The van der Waals surface area contributed by atoms with Crippen molar-refractivity contribution < 1.29 is 17.4 Å². The maximum absolute atomic E-state index is 13.5. The fourth-order valence-corrected chi connectivity index (χ4v) is 1.64. The zero-order valence-corrected chi connectivity index (χ0v) is 11.8. The van der Waals surface area contributed by atoms with Crippen LogP contribution in [-0.2, 0) is 10.1 Å². The number of pyridine rings is 1. The first-order valence-electron chi connectivity index (χ1n) is 5.81. The number of hydrogen-bond donors (Lipinski definition) is 2. The second-order valence-corrected chi connectivity index (χ2v) is 5.66. The molecule has 2 N–H and O–H groups in total. The summed E-state index contributed by atoms with van der Waals surface area (Å²) in [7, 11) is -3.67. The monoisotopic (exact) mass is 309 g/mol. The summed E-state index contributed by atoms with van der Waals surface area (Å²) < 4.78 is 39.4. The van der Waals surface area contributed by atoms with Crippen LogP contribution in [0.5, 0.6) is 0 Å². The van der Waals surface area contributed by atoms with Crippen molar-refractivity contribution in [3.63, 3.8) is 0 Å². The summed E-state index contributed by atoms with van der Waals surface area (Å²) in [6.45, 7) is 0. The van der Waals surface area contributed by atoms with E-state index in [0.29, 0.717) is 17.6 Å². The highest BCUT2D eigenvalue weighted by Crippen LogP contribution is 2.21. The van der Waals surface area contributed by atoms with Gasteiger partial charge in [-0.2, -0.15) is 8.42 Å². The van der Waals surface area contributed by atoms with Crippen molar-refractivity contribution in [3.05, 3.63) is 48.5 Å². The highest BCUT2D eigenvalue weighted by molar-refractivity contribution is 7.85. The maximum atomic E-state index is 13.5. The molecular weight excluding hydrogens is 297 g/mol. The standard InChI is InChI=1S/C12H8FN3.CH4O3S/c13-9-4-2-1-3-8(9)12-15-10-5-6-14-7-11(10)16-12;1-5(2,3)4/h1-7H,(H,15,16);1H3,(H,2,3,4). The summed E-state index contributed by atoms with van der Waals surface area (Å²) in [6, 6.07) is 8.34. The van der Waals surface area contributed by atoms with E-state index >= 15 is 0 Å². The van der Waals surface area contributed by atoms with E-state index in [9.17, 15) is 12.8 Å². The molecule has 0 bridgehead atoms. The number of rotatable bonds is 1. The number of halogens is 1. The average Bonchev–Trinajstić information content (AvgIpc) is 2.80. The molecule has 0 aliphatic rings. The first-order chi connectivity index (χ1) is 9.84. The maximum Gasteiger partial charge on any atom is 0.261 e. The minimum atomic E-state index is -3.67. The Morgan fingerprint density at radius 2 is 1.90 bits per heavy atom. The Bertz CT molecular complexity index is 821. The van der Waals surface area contributed by atoms with E-state index in [1.807, 2.05) is 0 Å². The SMILES string of the molecule is CS(=O)(=O)O.Fc1ccccc1-c1nc2ccncc2[nH]1. The van der Waals surface area contributed by atoms with Gasteiger partial charge in [0.1, 0.15) is 11.6 Å². The molecule has 0 spiro atoms.